The van der Waals surface area contributed by atoms with Crippen molar-refractivity contribution in [2.75, 3.05) is 21.0 Å². The quantitative estimate of drug-likeness (QED) is 0.391. The van der Waals surface area contributed by atoms with E-state index in [9.17, 15) is 0 Å². The van der Waals surface area contributed by atoms with E-state index in [1.807, 2.05) is 13.3 Å². The molecule has 1 atom stereocenters. The summed E-state index contributed by atoms with van der Waals surface area (Å²) in [5, 5.41) is 2.48. The van der Waals surface area contributed by atoms with Crippen molar-refractivity contribution in [2.45, 2.75) is 52.4 Å². The van der Waals surface area contributed by atoms with Gasteiger partial charge in [0.05, 0.1) is 0 Å². The van der Waals surface area contributed by atoms with Crippen molar-refractivity contribution in [2.24, 2.45) is 4.99 Å². The second-order valence-electron chi connectivity index (χ2n) is 9.05. The van der Waals surface area contributed by atoms with Crippen molar-refractivity contribution in [3.63, 3.8) is 0 Å². The van der Waals surface area contributed by atoms with Crippen LogP contribution in [-0.2, 0) is 15.6 Å². The third-order valence-corrected chi connectivity index (χ3v) is 5.95. The number of nitrogens with zero attached hydrogens (tertiary/aromatic N) is 1. The Balaban J connectivity index is 2.69. The van der Waals surface area contributed by atoms with Crippen molar-refractivity contribution < 1.29 is 9.47 Å². The number of methoxy groups -OCH3 is 1. The molecule has 0 N–H and O–H groups in total. The van der Waals surface area contributed by atoms with Gasteiger partial charge in [-0.25, -0.2) is 0 Å². The number of hydrogen-bond acceptors (Lipinski definition) is 3. The molecule has 0 saturated heterocycles. The Morgan fingerprint density at radius 2 is 1.64 bits per heavy atom. The summed E-state index contributed by atoms with van der Waals surface area (Å²) in [5.41, 5.74) is 3.73. The highest BCUT2D eigenvalue weighted by Gasteiger charge is 2.26. The molecule has 0 amide bonds. The van der Waals surface area contributed by atoms with Crippen LogP contribution < -0.4 is 15.3 Å². The van der Waals surface area contributed by atoms with Gasteiger partial charge in [0.15, 0.2) is 6.79 Å². The first-order valence-electron chi connectivity index (χ1n) is 9.67. The summed E-state index contributed by atoms with van der Waals surface area (Å²) in [6.07, 6.45) is 1.93. The molecule has 0 spiro atoms. The van der Waals surface area contributed by atoms with E-state index < -0.39 is 0 Å². The highest BCUT2D eigenvalue weighted by atomic mass is 31.1. The molecule has 3 nitrogen and oxygen atoms in total. The van der Waals surface area contributed by atoms with Crippen LogP contribution in [0, 0.1) is 0 Å². The molecule has 2 aromatic carbocycles. The van der Waals surface area contributed by atoms with Crippen LogP contribution in [0.3, 0.4) is 0 Å². The molecule has 28 heavy (non-hydrogen) atoms. The molecule has 0 radical (unpaired) electrons. The molecule has 152 valence electrons. The van der Waals surface area contributed by atoms with Crippen molar-refractivity contribution >= 4 is 25.4 Å². The molecule has 0 aliphatic rings. The van der Waals surface area contributed by atoms with Gasteiger partial charge in [0.1, 0.15) is 5.75 Å². The van der Waals surface area contributed by atoms with Gasteiger partial charge in [-0.2, -0.15) is 0 Å². The van der Waals surface area contributed by atoms with Crippen LogP contribution in [0.1, 0.15) is 58.2 Å². The van der Waals surface area contributed by atoms with Crippen LogP contribution in [0.15, 0.2) is 41.4 Å². The van der Waals surface area contributed by atoms with Crippen molar-refractivity contribution in [3.8, 4) is 5.75 Å². The molecule has 0 heterocycles. The summed E-state index contributed by atoms with van der Waals surface area (Å²) < 4.78 is 11.4. The molecule has 4 heteroatoms. The van der Waals surface area contributed by atoms with E-state index in [2.05, 4.69) is 82.9 Å². The number of ether oxygens (including phenoxy) is 2. The van der Waals surface area contributed by atoms with E-state index in [4.69, 9.17) is 9.47 Å². The number of aliphatic imine (C=N–C) groups is 1. The van der Waals surface area contributed by atoms with Crippen molar-refractivity contribution in [1.82, 2.24) is 0 Å². The zero-order valence-electron chi connectivity index (χ0n) is 18.5. The van der Waals surface area contributed by atoms with Crippen LogP contribution in [0.5, 0.6) is 5.75 Å². The molecule has 0 bridgehead atoms. The third kappa shape index (κ3) is 5.65. The minimum Gasteiger partial charge on any atom is -0.467 e. The number of benzene rings is 2. The first-order chi connectivity index (χ1) is 13.1. The van der Waals surface area contributed by atoms with Crippen LogP contribution in [0.25, 0.3) is 0 Å². The zero-order valence-corrected chi connectivity index (χ0v) is 19.5. The van der Waals surface area contributed by atoms with Crippen LogP contribution >= 0.6 is 8.58 Å². The fraction of sp³-hybridized carbons (Fsp3) is 0.458. The standard InChI is InChI=1S/C24H34NO2P/c1-23(2,3)18-13-19(24(4,5)6)22(27-16-26-8)21(14-18)28-20-12-10-9-11-17(20)15-25-7/h9-15,28H,16H2,1-8H3. The Labute approximate surface area is 172 Å². The molecular weight excluding hydrogens is 365 g/mol. The van der Waals surface area contributed by atoms with Gasteiger partial charge in [-0.3, -0.25) is 4.99 Å². The lowest BCUT2D eigenvalue weighted by Crippen LogP contribution is -2.24. The van der Waals surface area contributed by atoms with E-state index in [0.29, 0.717) is 8.58 Å². The molecule has 0 aromatic heterocycles. The maximum atomic E-state index is 6.13. The summed E-state index contributed by atoms with van der Waals surface area (Å²) in [7, 11) is 3.95. The minimum atomic E-state index is -0.0338. The summed E-state index contributed by atoms with van der Waals surface area (Å²) in [4.78, 5) is 4.22. The van der Waals surface area contributed by atoms with Crippen LogP contribution in [0.4, 0.5) is 0 Å². The first-order valence-corrected chi connectivity index (χ1v) is 10.7. The van der Waals surface area contributed by atoms with E-state index in [0.717, 1.165) is 11.3 Å². The number of hydrogen-bond donors (Lipinski definition) is 0. The van der Waals surface area contributed by atoms with Crippen molar-refractivity contribution in [3.05, 3.63) is 53.1 Å². The smallest absolute Gasteiger partial charge is 0.188 e. The summed E-state index contributed by atoms with van der Waals surface area (Å²) in [6.45, 7) is 13.7. The van der Waals surface area contributed by atoms with Gasteiger partial charge >= 0.3 is 0 Å². The van der Waals surface area contributed by atoms with Gasteiger partial charge in [-0.05, 0) is 33.3 Å². The monoisotopic (exact) mass is 399 g/mol. The summed E-state index contributed by atoms with van der Waals surface area (Å²) in [6, 6.07) is 13.0. The third-order valence-electron chi connectivity index (χ3n) is 4.58. The minimum absolute atomic E-state index is 0.0338. The lowest BCUT2D eigenvalue weighted by Gasteiger charge is -2.29. The largest absolute Gasteiger partial charge is 0.467 e. The Hall–Kier alpha value is -1.70. The average Bonchev–Trinajstić information content (AvgIpc) is 2.60. The highest BCUT2D eigenvalue weighted by molar-refractivity contribution is 7.56. The van der Waals surface area contributed by atoms with Gasteiger partial charge in [-0.15, -0.1) is 0 Å². The predicted molar refractivity (Wildman–Crippen MR) is 124 cm³/mol. The fourth-order valence-corrected chi connectivity index (χ4v) is 4.30. The van der Waals surface area contributed by atoms with E-state index >= 15 is 0 Å². The van der Waals surface area contributed by atoms with Gasteiger partial charge < -0.3 is 9.47 Å². The highest BCUT2D eigenvalue weighted by Crippen LogP contribution is 2.37. The number of rotatable bonds is 6. The second kappa shape index (κ2) is 9.20. The van der Waals surface area contributed by atoms with E-state index in [-0.39, 0.29) is 17.6 Å². The normalized spacial score (nSPS) is 13.0. The molecule has 1 unspecified atom stereocenters. The van der Waals surface area contributed by atoms with Gasteiger partial charge in [0.25, 0.3) is 0 Å². The predicted octanol–water partition coefficient (Wildman–Crippen LogP) is 4.94. The molecule has 2 rings (SSSR count). The first kappa shape index (κ1) is 22.6. The van der Waals surface area contributed by atoms with Gasteiger partial charge in [0.2, 0.25) is 0 Å². The maximum absolute atomic E-state index is 6.13. The average molecular weight is 400 g/mol. The van der Waals surface area contributed by atoms with Crippen molar-refractivity contribution in [1.29, 1.82) is 0 Å². The molecule has 0 fully saturated rings. The Morgan fingerprint density at radius 1 is 0.964 bits per heavy atom. The Morgan fingerprint density at radius 3 is 2.21 bits per heavy atom. The summed E-state index contributed by atoms with van der Waals surface area (Å²) in [5.74, 6) is 0.948. The van der Waals surface area contributed by atoms with E-state index in [1.54, 1.807) is 7.11 Å². The van der Waals surface area contributed by atoms with Crippen LogP contribution in [-0.4, -0.2) is 27.2 Å². The lowest BCUT2D eigenvalue weighted by atomic mass is 9.80. The molecule has 0 aliphatic heterocycles. The topological polar surface area (TPSA) is 30.8 Å². The second-order valence-corrected chi connectivity index (χ2v) is 10.4. The molecule has 0 aliphatic carbocycles. The van der Waals surface area contributed by atoms with Gasteiger partial charge in [0, 0.05) is 31.2 Å². The fourth-order valence-electron chi connectivity index (χ4n) is 2.99. The lowest BCUT2D eigenvalue weighted by molar-refractivity contribution is 0.0506. The van der Waals surface area contributed by atoms with Crippen LogP contribution in [0.2, 0.25) is 0 Å². The SMILES string of the molecule is CN=Cc1ccccc1Pc1cc(C(C)(C)C)cc(C(C)(C)C)c1OCOC. The molecule has 2 aromatic rings. The molecular formula is C24H34NO2P. The zero-order chi connectivity index (χ0) is 20.9. The van der Waals surface area contributed by atoms with E-state index in [1.165, 1.54) is 21.7 Å². The Bertz CT molecular complexity index is 829. The maximum Gasteiger partial charge on any atom is 0.188 e. The van der Waals surface area contributed by atoms with Gasteiger partial charge in [-0.1, -0.05) is 80.5 Å². The summed E-state index contributed by atoms with van der Waals surface area (Å²) >= 11 is 0. The molecule has 0 saturated carbocycles. The Kier molecular flexibility index (Phi) is 7.42.